The first kappa shape index (κ1) is 14.1. The lowest BCUT2D eigenvalue weighted by molar-refractivity contribution is -0.144. The fraction of sp³-hybridized carbons (Fsp3) is 0.429. The molecule has 0 saturated heterocycles. The van der Waals surface area contributed by atoms with Gasteiger partial charge < -0.3 is 10.4 Å². The molecule has 0 heterocycles. The number of hydrogen-bond acceptors (Lipinski definition) is 2. The number of nitrogens with one attached hydrogen (secondary N) is 1. The van der Waals surface area contributed by atoms with Crippen molar-refractivity contribution in [1.29, 1.82) is 0 Å². The second kappa shape index (κ2) is 4.96. The van der Waals surface area contributed by atoms with Crippen molar-refractivity contribution in [3.05, 3.63) is 33.8 Å². The lowest BCUT2D eigenvalue weighted by atomic mass is 9.95. The van der Waals surface area contributed by atoms with Crippen molar-refractivity contribution in [2.45, 2.75) is 32.2 Å². The van der Waals surface area contributed by atoms with Crippen LogP contribution in [0.4, 0.5) is 0 Å². The van der Waals surface area contributed by atoms with Crippen LogP contribution in [0, 0.1) is 12.8 Å². The second-order valence-electron chi connectivity index (χ2n) is 5.15. The first-order chi connectivity index (χ1) is 8.86. The van der Waals surface area contributed by atoms with Crippen molar-refractivity contribution in [3.8, 4) is 0 Å². The highest BCUT2D eigenvalue weighted by molar-refractivity contribution is 9.10. The molecule has 2 N–H and O–H groups in total. The molecule has 0 bridgehead atoms. The zero-order chi connectivity index (χ0) is 14.2. The maximum atomic E-state index is 12.3. The molecule has 0 aliphatic heterocycles. The molecule has 19 heavy (non-hydrogen) atoms. The van der Waals surface area contributed by atoms with Gasteiger partial charge in [-0.05, 0) is 50.3 Å². The van der Waals surface area contributed by atoms with Gasteiger partial charge in [-0.25, -0.2) is 4.79 Å². The molecule has 1 amide bonds. The number of carboxylic acid groups (broad SMARTS) is 1. The van der Waals surface area contributed by atoms with Crippen molar-refractivity contribution in [3.63, 3.8) is 0 Å². The largest absolute Gasteiger partial charge is 0.480 e. The molecule has 1 aromatic rings. The molecule has 1 saturated carbocycles. The van der Waals surface area contributed by atoms with Gasteiger partial charge in [0, 0.05) is 10.0 Å². The van der Waals surface area contributed by atoms with Gasteiger partial charge in [-0.3, -0.25) is 4.79 Å². The van der Waals surface area contributed by atoms with Gasteiger partial charge in [0.05, 0.1) is 0 Å². The summed E-state index contributed by atoms with van der Waals surface area (Å²) >= 11 is 3.37. The van der Waals surface area contributed by atoms with Crippen LogP contribution in [-0.2, 0) is 4.79 Å². The molecule has 4 nitrogen and oxygen atoms in total. The summed E-state index contributed by atoms with van der Waals surface area (Å²) in [5, 5.41) is 12.0. The zero-order valence-electron chi connectivity index (χ0n) is 10.9. The highest BCUT2D eigenvalue weighted by Crippen LogP contribution is 2.40. The lowest BCUT2D eigenvalue weighted by Gasteiger charge is -2.26. The molecule has 0 aromatic heterocycles. The minimum Gasteiger partial charge on any atom is -0.480 e. The molecule has 0 radical (unpaired) electrons. The van der Waals surface area contributed by atoms with E-state index in [0.717, 1.165) is 22.9 Å². The highest BCUT2D eigenvalue weighted by Gasteiger charge is 2.48. The van der Waals surface area contributed by atoms with Crippen LogP contribution < -0.4 is 5.32 Å². The Morgan fingerprint density at radius 1 is 1.42 bits per heavy atom. The maximum Gasteiger partial charge on any atom is 0.329 e. The summed E-state index contributed by atoms with van der Waals surface area (Å²) < 4.78 is 0.837. The van der Waals surface area contributed by atoms with Crippen molar-refractivity contribution in [2.24, 2.45) is 5.92 Å². The van der Waals surface area contributed by atoms with Crippen LogP contribution in [0.1, 0.15) is 35.7 Å². The molecule has 1 fully saturated rings. The summed E-state index contributed by atoms with van der Waals surface area (Å²) in [5.41, 5.74) is 0.136. The minimum atomic E-state index is -1.17. The summed E-state index contributed by atoms with van der Waals surface area (Å²) in [6.45, 7) is 3.41. The Bertz CT molecular complexity index is 539. The van der Waals surface area contributed by atoms with Gasteiger partial charge in [-0.15, -0.1) is 0 Å². The third kappa shape index (κ3) is 2.66. The summed E-state index contributed by atoms with van der Waals surface area (Å²) in [5.74, 6) is -1.28. The number of benzene rings is 1. The van der Waals surface area contributed by atoms with E-state index in [1.807, 2.05) is 13.0 Å². The Morgan fingerprint density at radius 3 is 2.58 bits per heavy atom. The number of aliphatic carboxylic acids is 1. The maximum absolute atomic E-state index is 12.3. The number of carbonyl (C=O) groups is 2. The molecule has 1 aliphatic rings. The number of hydrogen-bond donors (Lipinski definition) is 2. The van der Waals surface area contributed by atoms with E-state index < -0.39 is 11.5 Å². The number of rotatable bonds is 4. The monoisotopic (exact) mass is 325 g/mol. The normalized spacial score (nSPS) is 17.6. The number of carbonyl (C=O) groups excluding carboxylic acids is 1. The quantitative estimate of drug-likeness (QED) is 0.894. The smallest absolute Gasteiger partial charge is 0.329 e. The molecule has 1 atom stereocenters. The molecule has 1 aromatic carbocycles. The van der Waals surface area contributed by atoms with E-state index >= 15 is 0 Å². The van der Waals surface area contributed by atoms with E-state index in [1.54, 1.807) is 19.1 Å². The molecule has 5 heteroatoms. The summed E-state index contributed by atoms with van der Waals surface area (Å²) in [7, 11) is 0. The Labute approximate surface area is 120 Å². The molecular formula is C14H16BrNO3. The highest BCUT2D eigenvalue weighted by atomic mass is 79.9. The number of carboxylic acids is 1. The molecule has 0 spiro atoms. The molecular weight excluding hydrogens is 310 g/mol. The van der Waals surface area contributed by atoms with Crippen molar-refractivity contribution in [2.75, 3.05) is 0 Å². The average molecular weight is 326 g/mol. The van der Waals surface area contributed by atoms with Crippen LogP contribution in [0.15, 0.2) is 22.7 Å². The summed E-state index contributed by atoms with van der Waals surface area (Å²) in [6, 6.07) is 5.31. The molecule has 102 valence electrons. The van der Waals surface area contributed by atoms with E-state index in [9.17, 15) is 14.7 Å². The standard InChI is InChI=1S/C14H16BrNO3/c1-8-10(4-3-5-11(8)15)12(17)16-14(2,13(18)19)9-6-7-9/h3-5,9H,6-7H2,1-2H3,(H,16,17)(H,18,19)/t14-/m1/s1. The molecule has 1 aliphatic carbocycles. The minimum absolute atomic E-state index is 0.0291. The predicted molar refractivity (Wildman–Crippen MR) is 75.1 cm³/mol. The SMILES string of the molecule is Cc1c(Br)cccc1C(=O)N[C@@](C)(C(=O)O)C1CC1. The van der Waals surface area contributed by atoms with Crippen molar-refractivity contribution >= 4 is 27.8 Å². The average Bonchev–Trinajstić information content (AvgIpc) is 3.16. The van der Waals surface area contributed by atoms with Gasteiger partial charge in [0.25, 0.3) is 5.91 Å². The summed E-state index contributed by atoms with van der Waals surface area (Å²) in [4.78, 5) is 23.7. The Morgan fingerprint density at radius 2 is 2.05 bits per heavy atom. The van der Waals surface area contributed by atoms with E-state index in [4.69, 9.17) is 0 Å². The Kier molecular flexibility index (Phi) is 3.67. The van der Waals surface area contributed by atoms with Gasteiger partial charge in [0.2, 0.25) is 0 Å². The van der Waals surface area contributed by atoms with Crippen molar-refractivity contribution in [1.82, 2.24) is 5.32 Å². The van der Waals surface area contributed by atoms with Gasteiger partial charge in [0.15, 0.2) is 0 Å². The van der Waals surface area contributed by atoms with Crippen molar-refractivity contribution < 1.29 is 14.7 Å². The van der Waals surface area contributed by atoms with Gasteiger partial charge in [-0.2, -0.15) is 0 Å². The van der Waals surface area contributed by atoms with Crippen LogP contribution in [0.3, 0.4) is 0 Å². The van der Waals surface area contributed by atoms with E-state index in [1.165, 1.54) is 0 Å². The number of halogens is 1. The fourth-order valence-corrected chi connectivity index (χ4v) is 2.51. The predicted octanol–water partition coefficient (Wildman–Crippen LogP) is 2.74. The second-order valence-corrected chi connectivity index (χ2v) is 6.00. The first-order valence-corrected chi connectivity index (χ1v) is 6.96. The van der Waals surface area contributed by atoms with Gasteiger partial charge in [0.1, 0.15) is 5.54 Å². The molecule has 0 unspecified atom stereocenters. The lowest BCUT2D eigenvalue weighted by Crippen LogP contribution is -2.54. The summed E-state index contributed by atoms with van der Waals surface area (Å²) in [6.07, 6.45) is 1.70. The van der Waals surface area contributed by atoms with Crippen LogP contribution in [0.5, 0.6) is 0 Å². The van der Waals surface area contributed by atoms with Gasteiger partial charge >= 0.3 is 5.97 Å². The van der Waals surface area contributed by atoms with Crippen LogP contribution in [-0.4, -0.2) is 22.5 Å². The third-order valence-electron chi connectivity index (χ3n) is 3.72. The molecule has 2 rings (SSSR count). The van der Waals surface area contributed by atoms with E-state index in [2.05, 4.69) is 21.2 Å². The Hall–Kier alpha value is -1.36. The fourth-order valence-electron chi connectivity index (χ4n) is 2.15. The van der Waals surface area contributed by atoms with Crippen LogP contribution >= 0.6 is 15.9 Å². The third-order valence-corrected chi connectivity index (χ3v) is 4.58. The topological polar surface area (TPSA) is 66.4 Å². The zero-order valence-corrected chi connectivity index (χ0v) is 12.5. The Balaban J connectivity index is 2.25. The van der Waals surface area contributed by atoms with E-state index in [0.29, 0.717) is 5.56 Å². The van der Waals surface area contributed by atoms with Crippen LogP contribution in [0.25, 0.3) is 0 Å². The first-order valence-electron chi connectivity index (χ1n) is 6.17. The van der Waals surface area contributed by atoms with E-state index in [-0.39, 0.29) is 11.8 Å². The van der Waals surface area contributed by atoms with Crippen LogP contribution in [0.2, 0.25) is 0 Å². The van der Waals surface area contributed by atoms with Gasteiger partial charge in [-0.1, -0.05) is 22.0 Å². The number of amides is 1.